The second kappa shape index (κ2) is 10.7. The molecule has 6 heteroatoms. The topological polar surface area (TPSA) is 65.7 Å². The first-order valence-corrected chi connectivity index (χ1v) is 7.50. The maximum absolute atomic E-state index is 11.5. The number of hydrogen-bond donors (Lipinski definition) is 0. The van der Waals surface area contributed by atoms with Crippen LogP contribution in [0, 0.1) is 6.92 Å². The molecular weight excluding hydrogens is 282 g/mol. The van der Waals surface area contributed by atoms with Gasteiger partial charge in [-0.1, -0.05) is 34.1 Å². The van der Waals surface area contributed by atoms with E-state index < -0.39 is 5.97 Å². The van der Waals surface area contributed by atoms with Gasteiger partial charge in [-0.05, 0) is 19.1 Å². The number of esters is 1. The van der Waals surface area contributed by atoms with E-state index in [1.54, 1.807) is 19.2 Å². The van der Waals surface area contributed by atoms with Crippen molar-refractivity contribution in [1.82, 2.24) is 14.6 Å². The number of nitrogens with zero attached hydrogens (tertiary/aromatic N) is 3. The highest BCUT2D eigenvalue weighted by molar-refractivity contribution is 5.90. The van der Waals surface area contributed by atoms with E-state index in [0.717, 1.165) is 11.5 Å². The molecule has 0 aliphatic heterocycles. The van der Waals surface area contributed by atoms with Gasteiger partial charge in [0.2, 0.25) is 0 Å². The summed E-state index contributed by atoms with van der Waals surface area (Å²) in [6.07, 6.45) is 1.25. The van der Waals surface area contributed by atoms with Crippen LogP contribution in [0.4, 0.5) is 0 Å². The number of hydrogen-bond acceptors (Lipinski definition) is 5. The molecule has 0 fully saturated rings. The smallest absolute Gasteiger partial charge is 0.338 e. The highest BCUT2D eigenvalue weighted by atomic mass is 16.5. The molecule has 6 nitrogen and oxygen atoms in total. The van der Waals surface area contributed by atoms with Crippen molar-refractivity contribution in [3.05, 3.63) is 29.2 Å². The van der Waals surface area contributed by atoms with Gasteiger partial charge in [0.15, 0.2) is 5.65 Å². The second-order valence-electron chi connectivity index (χ2n) is 4.31. The summed E-state index contributed by atoms with van der Waals surface area (Å²) in [4.78, 5) is 11.5. The lowest BCUT2D eigenvalue weighted by Gasteiger charge is -2.07. The van der Waals surface area contributed by atoms with E-state index in [0.29, 0.717) is 17.8 Å². The lowest BCUT2D eigenvalue weighted by molar-refractivity contribution is 0.0600. The fourth-order valence-electron chi connectivity index (χ4n) is 1.74. The number of carbonyl (C=O) groups is 1. The van der Waals surface area contributed by atoms with Crippen molar-refractivity contribution < 1.29 is 14.3 Å². The van der Waals surface area contributed by atoms with Gasteiger partial charge < -0.3 is 9.47 Å². The van der Waals surface area contributed by atoms with Gasteiger partial charge in [0.1, 0.15) is 5.82 Å². The number of carbonyl (C=O) groups excluding carboxylic acids is 1. The zero-order valence-electron chi connectivity index (χ0n) is 14.6. The summed E-state index contributed by atoms with van der Waals surface area (Å²) >= 11 is 0. The highest BCUT2D eigenvalue weighted by Gasteiger charge is 2.13. The maximum Gasteiger partial charge on any atom is 0.338 e. The minimum atomic E-state index is -0.398. The first kappa shape index (κ1) is 20.1. The Bertz CT molecular complexity index is 579. The fourth-order valence-corrected chi connectivity index (χ4v) is 1.74. The molecular formula is C16H27N3O3. The largest absolute Gasteiger partial charge is 0.465 e. The van der Waals surface area contributed by atoms with Crippen molar-refractivity contribution in [1.29, 1.82) is 0 Å². The molecule has 0 aliphatic carbocycles. The summed E-state index contributed by atoms with van der Waals surface area (Å²) in [7, 11) is 2.94. The molecule has 0 radical (unpaired) electrons. The van der Waals surface area contributed by atoms with Gasteiger partial charge in [-0.2, -0.15) is 0 Å². The molecule has 22 heavy (non-hydrogen) atoms. The van der Waals surface area contributed by atoms with Crippen LogP contribution in [0.15, 0.2) is 12.1 Å². The summed E-state index contributed by atoms with van der Waals surface area (Å²) in [5.41, 5.74) is 1.87. The molecule has 0 saturated carbocycles. The summed E-state index contributed by atoms with van der Waals surface area (Å²) in [5.74, 6) is 0.356. The van der Waals surface area contributed by atoms with E-state index in [4.69, 9.17) is 4.74 Å². The molecule has 2 aromatic heterocycles. The third kappa shape index (κ3) is 5.11. The number of fused-ring (bicyclic) bond motifs is 1. The van der Waals surface area contributed by atoms with E-state index in [9.17, 15) is 4.79 Å². The molecule has 0 aliphatic rings. The van der Waals surface area contributed by atoms with Crippen LogP contribution >= 0.6 is 0 Å². The SMILES string of the molecule is CC.CCC.COCc1cc(C(=O)OC)cc2nnc(C)n12. The second-order valence-corrected chi connectivity index (χ2v) is 4.31. The summed E-state index contributed by atoms with van der Waals surface area (Å²) in [6.45, 7) is 10.5. The van der Waals surface area contributed by atoms with E-state index in [1.165, 1.54) is 13.5 Å². The zero-order chi connectivity index (χ0) is 17.1. The van der Waals surface area contributed by atoms with Gasteiger partial charge in [-0.3, -0.25) is 4.40 Å². The molecule has 0 spiro atoms. The van der Waals surface area contributed by atoms with Gasteiger partial charge in [0.05, 0.1) is 25.0 Å². The zero-order valence-corrected chi connectivity index (χ0v) is 14.6. The lowest BCUT2D eigenvalue weighted by Crippen LogP contribution is -2.07. The van der Waals surface area contributed by atoms with Crippen LogP contribution in [0.25, 0.3) is 5.65 Å². The fraction of sp³-hybridized carbons (Fsp3) is 0.562. The maximum atomic E-state index is 11.5. The van der Waals surface area contributed by atoms with Crippen LogP contribution in [-0.4, -0.2) is 34.8 Å². The van der Waals surface area contributed by atoms with Crippen molar-refractivity contribution in [3.63, 3.8) is 0 Å². The van der Waals surface area contributed by atoms with Gasteiger partial charge in [-0.15, -0.1) is 10.2 Å². The highest BCUT2D eigenvalue weighted by Crippen LogP contribution is 2.14. The van der Waals surface area contributed by atoms with Crippen LogP contribution in [0.2, 0.25) is 0 Å². The Balaban J connectivity index is 0.000000789. The number of pyridine rings is 1. The number of rotatable bonds is 3. The van der Waals surface area contributed by atoms with E-state index >= 15 is 0 Å². The molecule has 2 rings (SSSR count). The first-order valence-electron chi connectivity index (χ1n) is 7.50. The molecule has 124 valence electrons. The monoisotopic (exact) mass is 309 g/mol. The van der Waals surface area contributed by atoms with E-state index in [1.807, 2.05) is 25.2 Å². The van der Waals surface area contributed by atoms with E-state index in [-0.39, 0.29) is 0 Å². The molecule has 2 heterocycles. The Morgan fingerprint density at radius 3 is 2.27 bits per heavy atom. The number of methoxy groups -OCH3 is 2. The minimum absolute atomic E-state index is 0.375. The molecule has 2 aromatic rings. The van der Waals surface area contributed by atoms with Crippen LogP contribution < -0.4 is 0 Å². The van der Waals surface area contributed by atoms with Crippen LogP contribution in [0.3, 0.4) is 0 Å². The van der Waals surface area contributed by atoms with Gasteiger partial charge in [0.25, 0.3) is 0 Å². The van der Waals surface area contributed by atoms with Crippen molar-refractivity contribution in [2.24, 2.45) is 0 Å². The Morgan fingerprint density at radius 2 is 1.77 bits per heavy atom. The molecule has 0 amide bonds. The van der Waals surface area contributed by atoms with Crippen molar-refractivity contribution in [3.8, 4) is 0 Å². The van der Waals surface area contributed by atoms with Crippen LogP contribution in [-0.2, 0) is 16.1 Å². The summed E-state index contributed by atoms with van der Waals surface area (Å²) in [5, 5.41) is 7.96. The average Bonchev–Trinajstić information content (AvgIpc) is 2.91. The standard InChI is InChI=1S/C11H13N3O3.C3H8.C2H6/c1-7-12-13-10-5-8(11(15)17-3)4-9(6-16-2)14(7)10;1-3-2;1-2/h4-5H,6H2,1-3H3;3H2,1-2H3;1-2H3. The summed E-state index contributed by atoms with van der Waals surface area (Å²) in [6, 6.07) is 3.36. The quantitative estimate of drug-likeness (QED) is 0.813. The molecule has 0 unspecified atom stereocenters. The number of aromatic nitrogens is 3. The Morgan fingerprint density at radius 1 is 1.18 bits per heavy atom. The Kier molecular flexibility index (Phi) is 9.78. The van der Waals surface area contributed by atoms with Gasteiger partial charge in [0, 0.05) is 7.11 Å². The molecule has 0 aromatic carbocycles. The summed E-state index contributed by atoms with van der Waals surface area (Å²) < 4.78 is 11.6. The third-order valence-electron chi connectivity index (χ3n) is 2.46. The van der Waals surface area contributed by atoms with E-state index in [2.05, 4.69) is 28.8 Å². The van der Waals surface area contributed by atoms with Gasteiger partial charge >= 0.3 is 5.97 Å². The third-order valence-corrected chi connectivity index (χ3v) is 2.46. The predicted molar refractivity (Wildman–Crippen MR) is 87.1 cm³/mol. The normalized spacial score (nSPS) is 9.41. The predicted octanol–water partition coefficient (Wildman–Crippen LogP) is 3.41. The van der Waals surface area contributed by atoms with Crippen molar-refractivity contribution in [2.45, 2.75) is 47.6 Å². The van der Waals surface area contributed by atoms with Crippen LogP contribution in [0.5, 0.6) is 0 Å². The molecule has 0 atom stereocenters. The molecule has 0 bridgehead atoms. The van der Waals surface area contributed by atoms with Crippen molar-refractivity contribution >= 4 is 11.6 Å². The van der Waals surface area contributed by atoms with Crippen LogP contribution in [0.1, 0.15) is 56.0 Å². The average molecular weight is 309 g/mol. The first-order chi connectivity index (χ1) is 10.6. The van der Waals surface area contributed by atoms with Gasteiger partial charge in [-0.25, -0.2) is 4.79 Å². The minimum Gasteiger partial charge on any atom is -0.465 e. The number of aryl methyl sites for hydroxylation is 1. The Hall–Kier alpha value is -1.95. The number of ether oxygens (including phenoxy) is 2. The van der Waals surface area contributed by atoms with Crippen molar-refractivity contribution in [2.75, 3.05) is 14.2 Å². The Labute approximate surface area is 132 Å². The lowest BCUT2D eigenvalue weighted by atomic mass is 10.2. The molecule has 0 N–H and O–H groups in total. The molecule has 0 saturated heterocycles.